The molecule has 0 radical (unpaired) electrons. The quantitative estimate of drug-likeness (QED) is 0.908. The number of hydrogen-bond acceptors (Lipinski definition) is 2. The first-order valence-electron chi connectivity index (χ1n) is 7.13. The summed E-state index contributed by atoms with van der Waals surface area (Å²) in [5, 5.41) is 0. The second-order valence-corrected chi connectivity index (χ2v) is 6.49. The molecule has 1 atom stereocenters. The molecule has 1 fully saturated rings. The van der Waals surface area contributed by atoms with E-state index in [1.54, 1.807) is 12.1 Å². The van der Waals surface area contributed by atoms with Crippen LogP contribution < -0.4 is 5.73 Å². The molecule has 3 heteroatoms. The van der Waals surface area contributed by atoms with Gasteiger partial charge in [-0.15, -0.1) is 0 Å². The van der Waals surface area contributed by atoms with Gasteiger partial charge in [0, 0.05) is 19.1 Å². The van der Waals surface area contributed by atoms with Gasteiger partial charge in [-0.05, 0) is 55.0 Å². The number of benzene rings is 1. The zero-order valence-electron chi connectivity index (χ0n) is 12.2. The number of aryl methyl sites for hydroxylation is 1. The van der Waals surface area contributed by atoms with Gasteiger partial charge in [0.2, 0.25) is 0 Å². The lowest BCUT2D eigenvalue weighted by atomic mass is 9.83. The van der Waals surface area contributed by atoms with Crippen molar-refractivity contribution in [2.24, 2.45) is 11.1 Å². The molecule has 0 aliphatic carbocycles. The van der Waals surface area contributed by atoms with Crippen LogP contribution in [-0.4, -0.2) is 24.5 Å². The Morgan fingerprint density at radius 2 is 2.16 bits per heavy atom. The van der Waals surface area contributed by atoms with Crippen molar-refractivity contribution in [1.29, 1.82) is 0 Å². The van der Waals surface area contributed by atoms with Gasteiger partial charge >= 0.3 is 0 Å². The van der Waals surface area contributed by atoms with Crippen molar-refractivity contribution in [3.8, 4) is 0 Å². The molecule has 2 N–H and O–H groups in total. The van der Waals surface area contributed by atoms with Crippen LogP contribution in [0.15, 0.2) is 18.2 Å². The van der Waals surface area contributed by atoms with Gasteiger partial charge in [0.1, 0.15) is 5.82 Å². The number of piperidine rings is 1. The van der Waals surface area contributed by atoms with Crippen LogP contribution in [0.4, 0.5) is 4.39 Å². The maximum atomic E-state index is 13.2. The van der Waals surface area contributed by atoms with Crippen LogP contribution in [0.25, 0.3) is 0 Å². The summed E-state index contributed by atoms with van der Waals surface area (Å²) < 4.78 is 13.2. The van der Waals surface area contributed by atoms with Crippen molar-refractivity contribution < 1.29 is 4.39 Å². The molecule has 2 rings (SSSR count). The van der Waals surface area contributed by atoms with Gasteiger partial charge in [-0.3, -0.25) is 4.90 Å². The summed E-state index contributed by atoms with van der Waals surface area (Å²) in [5.74, 6) is -0.170. The number of rotatable bonds is 3. The van der Waals surface area contributed by atoms with Gasteiger partial charge in [0.05, 0.1) is 0 Å². The van der Waals surface area contributed by atoms with Crippen molar-refractivity contribution in [1.82, 2.24) is 4.90 Å². The van der Waals surface area contributed by atoms with Crippen molar-refractivity contribution in [3.05, 3.63) is 35.1 Å². The van der Waals surface area contributed by atoms with E-state index in [4.69, 9.17) is 5.73 Å². The Hall–Kier alpha value is -0.930. The molecule has 0 amide bonds. The first kappa shape index (κ1) is 14.5. The van der Waals surface area contributed by atoms with Crippen molar-refractivity contribution >= 4 is 0 Å². The zero-order chi connectivity index (χ0) is 14.0. The fraction of sp³-hybridized carbons (Fsp3) is 0.625. The highest BCUT2D eigenvalue weighted by atomic mass is 19.1. The number of likely N-dealkylation sites (tertiary alicyclic amines) is 1. The molecule has 106 valence electrons. The maximum absolute atomic E-state index is 13.2. The third-order valence-corrected chi connectivity index (χ3v) is 4.18. The molecule has 1 aliphatic rings. The molecule has 1 unspecified atom stereocenters. The molecule has 1 aliphatic heterocycles. The van der Waals surface area contributed by atoms with Crippen molar-refractivity contribution in [3.63, 3.8) is 0 Å². The minimum Gasteiger partial charge on any atom is -0.329 e. The Morgan fingerprint density at radius 1 is 1.42 bits per heavy atom. The van der Waals surface area contributed by atoms with E-state index in [1.165, 1.54) is 18.4 Å². The molecular weight excluding hydrogens is 239 g/mol. The SMILES string of the molecule is Cc1cc(F)ccc1C(CN)N1CCCC(C)(C)C1. The fourth-order valence-corrected chi connectivity index (χ4v) is 3.22. The monoisotopic (exact) mass is 264 g/mol. The van der Waals surface area contributed by atoms with Gasteiger partial charge < -0.3 is 5.73 Å². The van der Waals surface area contributed by atoms with E-state index >= 15 is 0 Å². The Bertz CT molecular complexity index is 442. The van der Waals surface area contributed by atoms with E-state index in [-0.39, 0.29) is 11.9 Å². The maximum Gasteiger partial charge on any atom is 0.123 e. The van der Waals surface area contributed by atoms with Gasteiger partial charge in [-0.2, -0.15) is 0 Å². The Morgan fingerprint density at radius 3 is 2.74 bits per heavy atom. The molecule has 0 bridgehead atoms. The average Bonchev–Trinajstić information content (AvgIpc) is 2.31. The second kappa shape index (κ2) is 5.59. The third kappa shape index (κ3) is 3.34. The lowest BCUT2D eigenvalue weighted by molar-refractivity contribution is 0.0804. The summed E-state index contributed by atoms with van der Waals surface area (Å²) in [6.07, 6.45) is 2.48. The number of nitrogens with zero attached hydrogens (tertiary/aromatic N) is 1. The lowest BCUT2D eigenvalue weighted by Crippen LogP contribution is -2.44. The molecule has 0 aromatic heterocycles. The minimum absolute atomic E-state index is 0.170. The van der Waals surface area contributed by atoms with Crippen LogP contribution in [0.5, 0.6) is 0 Å². The van der Waals surface area contributed by atoms with Crippen LogP contribution in [0.1, 0.15) is 43.9 Å². The Kier molecular flexibility index (Phi) is 4.26. The van der Waals surface area contributed by atoms with Gasteiger partial charge in [-0.25, -0.2) is 4.39 Å². The van der Waals surface area contributed by atoms with Crippen LogP contribution in [-0.2, 0) is 0 Å². The average molecular weight is 264 g/mol. The minimum atomic E-state index is -0.170. The molecule has 1 aromatic rings. The Labute approximate surface area is 115 Å². The van der Waals surface area contributed by atoms with E-state index in [1.807, 2.05) is 13.0 Å². The highest BCUT2D eigenvalue weighted by Gasteiger charge is 2.31. The molecule has 0 saturated carbocycles. The summed E-state index contributed by atoms with van der Waals surface area (Å²) in [7, 11) is 0. The van der Waals surface area contributed by atoms with Gasteiger partial charge in [0.15, 0.2) is 0 Å². The van der Waals surface area contributed by atoms with E-state index in [0.717, 1.165) is 18.7 Å². The Balaban J connectivity index is 2.24. The number of hydrogen-bond donors (Lipinski definition) is 1. The molecule has 1 saturated heterocycles. The molecule has 1 heterocycles. The molecule has 0 spiro atoms. The van der Waals surface area contributed by atoms with Gasteiger partial charge in [-0.1, -0.05) is 19.9 Å². The van der Waals surface area contributed by atoms with Crippen LogP contribution in [0.3, 0.4) is 0 Å². The standard InChI is InChI=1S/C16H25FN2/c1-12-9-13(17)5-6-14(12)15(10-18)19-8-4-7-16(2,3)11-19/h5-6,9,15H,4,7-8,10-11,18H2,1-3H3. The van der Waals surface area contributed by atoms with Crippen LogP contribution in [0.2, 0.25) is 0 Å². The molecule has 1 aromatic carbocycles. The van der Waals surface area contributed by atoms with E-state index in [2.05, 4.69) is 18.7 Å². The summed E-state index contributed by atoms with van der Waals surface area (Å²) in [6.45, 7) is 9.32. The normalized spacial score (nSPS) is 21.3. The van der Waals surface area contributed by atoms with Crippen LogP contribution in [0, 0.1) is 18.2 Å². The highest BCUT2D eigenvalue weighted by Crippen LogP contribution is 2.34. The molecular formula is C16H25FN2. The van der Waals surface area contributed by atoms with E-state index < -0.39 is 0 Å². The predicted octanol–water partition coefficient (Wildman–Crippen LogP) is 3.26. The first-order chi connectivity index (χ1) is 8.93. The number of nitrogens with two attached hydrogens (primary N) is 1. The van der Waals surface area contributed by atoms with Gasteiger partial charge in [0.25, 0.3) is 0 Å². The summed E-state index contributed by atoms with van der Waals surface area (Å²) in [4.78, 5) is 2.46. The summed E-state index contributed by atoms with van der Waals surface area (Å²) >= 11 is 0. The predicted molar refractivity (Wildman–Crippen MR) is 77.5 cm³/mol. The zero-order valence-corrected chi connectivity index (χ0v) is 12.2. The largest absolute Gasteiger partial charge is 0.329 e. The first-order valence-corrected chi connectivity index (χ1v) is 7.13. The highest BCUT2D eigenvalue weighted by molar-refractivity contribution is 5.30. The van der Waals surface area contributed by atoms with Crippen molar-refractivity contribution in [2.45, 2.75) is 39.7 Å². The van der Waals surface area contributed by atoms with E-state index in [9.17, 15) is 4.39 Å². The summed E-state index contributed by atoms with van der Waals surface area (Å²) in [5.41, 5.74) is 8.51. The summed E-state index contributed by atoms with van der Waals surface area (Å²) in [6, 6.07) is 5.25. The second-order valence-electron chi connectivity index (χ2n) is 6.49. The fourth-order valence-electron chi connectivity index (χ4n) is 3.22. The van der Waals surface area contributed by atoms with Crippen molar-refractivity contribution in [2.75, 3.05) is 19.6 Å². The van der Waals surface area contributed by atoms with E-state index in [0.29, 0.717) is 12.0 Å². The lowest BCUT2D eigenvalue weighted by Gasteiger charge is -2.42. The third-order valence-electron chi connectivity index (χ3n) is 4.18. The topological polar surface area (TPSA) is 29.3 Å². The smallest absolute Gasteiger partial charge is 0.123 e. The molecule has 19 heavy (non-hydrogen) atoms. The molecule has 2 nitrogen and oxygen atoms in total. The number of halogens is 1. The van der Waals surface area contributed by atoms with Crippen LogP contribution >= 0.6 is 0 Å².